The largest absolute Gasteiger partial charge is 0.511 e. The third-order valence-electron chi connectivity index (χ3n) is 3.37. The number of allylic oxidation sites excluding steroid dienone is 2. The quantitative estimate of drug-likeness (QED) is 0.637. The maximum atomic E-state index is 12.0. The van der Waals surface area contributed by atoms with Crippen molar-refractivity contribution in [1.29, 1.82) is 0 Å². The minimum atomic E-state index is -0.396. The van der Waals surface area contributed by atoms with Crippen molar-refractivity contribution in [3.63, 3.8) is 0 Å². The predicted molar refractivity (Wildman–Crippen MR) is 87.8 cm³/mol. The molecular weight excluding hydrogens is 348 g/mol. The number of nitrogens with one attached hydrogen (secondary N) is 1. The number of hydrogen-bond acceptors (Lipinski definition) is 4. The average molecular weight is 365 g/mol. The van der Waals surface area contributed by atoms with Gasteiger partial charge in [0, 0.05) is 17.3 Å². The molecule has 0 bridgehead atoms. The van der Waals surface area contributed by atoms with Crippen LogP contribution in [0.25, 0.3) is 0 Å². The van der Waals surface area contributed by atoms with Crippen LogP contribution >= 0.6 is 15.9 Å². The smallest absolute Gasteiger partial charge is 0.272 e. The van der Waals surface area contributed by atoms with Gasteiger partial charge >= 0.3 is 0 Å². The number of hydrogen-bond donors (Lipinski definition) is 2. The minimum Gasteiger partial charge on any atom is -0.511 e. The highest BCUT2D eigenvalue weighted by atomic mass is 79.9. The molecular formula is C16H17BrN2O3. The van der Waals surface area contributed by atoms with E-state index in [-0.39, 0.29) is 22.5 Å². The topological polar surface area (TPSA) is 78.8 Å². The van der Waals surface area contributed by atoms with Gasteiger partial charge in [-0.25, -0.2) is 5.43 Å². The van der Waals surface area contributed by atoms with E-state index in [1.54, 1.807) is 24.3 Å². The van der Waals surface area contributed by atoms with Crippen LogP contribution in [-0.2, 0) is 4.79 Å². The van der Waals surface area contributed by atoms with Gasteiger partial charge in [0.25, 0.3) is 5.91 Å². The van der Waals surface area contributed by atoms with E-state index in [0.29, 0.717) is 22.9 Å². The van der Waals surface area contributed by atoms with E-state index in [4.69, 9.17) is 0 Å². The number of ketones is 1. The Hall–Kier alpha value is -1.95. The van der Waals surface area contributed by atoms with Crippen molar-refractivity contribution >= 4 is 33.8 Å². The number of nitrogens with zero attached hydrogens (tertiary/aromatic N) is 1. The summed E-state index contributed by atoms with van der Waals surface area (Å²) in [5.74, 6) is -0.555. The predicted octanol–water partition coefficient (Wildman–Crippen LogP) is 3.37. The fourth-order valence-electron chi connectivity index (χ4n) is 2.31. The van der Waals surface area contributed by atoms with Gasteiger partial charge in [-0.2, -0.15) is 5.10 Å². The summed E-state index contributed by atoms with van der Waals surface area (Å²) >= 11 is 3.28. The molecule has 2 N–H and O–H groups in total. The highest BCUT2D eigenvalue weighted by molar-refractivity contribution is 9.10. The molecule has 1 aliphatic rings. The summed E-state index contributed by atoms with van der Waals surface area (Å²) in [6, 6.07) is 6.94. The van der Waals surface area contributed by atoms with Crippen LogP contribution in [0.5, 0.6) is 0 Å². The number of benzene rings is 1. The average Bonchev–Trinajstić information content (AvgIpc) is 2.41. The number of carbonyl (C=O) groups is 2. The molecule has 0 spiro atoms. The summed E-state index contributed by atoms with van der Waals surface area (Å²) < 4.78 is 0.653. The van der Waals surface area contributed by atoms with Gasteiger partial charge in [-0.3, -0.25) is 9.59 Å². The van der Waals surface area contributed by atoms with Crippen LogP contribution in [0.3, 0.4) is 0 Å². The number of aliphatic hydroxyl groups excluding tert-OH is 1. The molecule has 1 aliphatic carbocycles. The second-order valence-corrected chi connectivity index (χ2v) is 6.83. The molecule has 0 fully saturated rings. The monoisotopic (exact) mass is 364 g/mol. The Morgan fingerprint density at radius 1 is 1.36 bits per heavy atom. The number of amides is 1. The second-order valence-electron chi connectivity index (χ2n) is 5.98. The molecule has 5 nitrogen and oxygen atoms in total. The SMILES string of the molecule is CC1(C)CC(=O)C(/C=N/NC(=O)c2ccccc2Br)=C(O)C1. The number of rotatable bonds is 3. The van der Waals surface area contributed by atoms with Crippen LogP contribution < -0.4 is 5.43 Å². The van der Waals surface area contributed by atoms with Gasteiger partial charge in [0.15, 0.2) is 5.78 Å². The normalized spacial score (nSPS) is 17.9. The molecule has 6 heteroatoms. The van der Waals surface area contributed by atoms with E-state index >= 15 is 0 Å². The Bertz CT molecular complexity index is 678. The van der Waals surface area contributed by atoms with Crippen LogP contribution in [0.15, 0.2) is 45.2 Å². The van der Waals surface area contributed by atoms with Gasteiger partial charge in [0.1, 0.15) is 5.76 Å². The van der Waals surface area contributed by atoms with Crippen LogP contribution in [0.2, 0.25) is 0 Å². The van der Waals surface area contributed by atoms with Gasteiger partial charge in [-0.1, -0.05) is 26.0 Å². The molecule has 0 saturated heterocycles. The number of Topliss-reactive ketones (excluding diaryl/α,β-unsaturated/α-hetero) is 1. The molecule has 116 valence electrons. The summed E-state index contributed by atoms with van der Waals surface area (Å²) in [5, 5.41) is 13.7. The van der Waals surface area contributed by atoms with Crippen molar-refractivity contribution in [2.24, 2.45) is 10.5 Å². The molecule has 1 amide bonds. The zero-order valence-electron chi connectivity index (χ0n) is 12.4. The Kier molecular flexibility index (Phi) is 4.81. The standard InChI is InChI=1S/C16H17BrN2O3/c1-16(2)7-13(20)11(14(21)8-16)9-18-19-15(22)10-5-3-4-6-12(10)17/h3-6,9,20H,7-8H2,1-2H3,(H,19,22)/b18-9+. The fraction of sp³-hybridized carbons (Fsp3) is 0.312. The van der Waals surface area contributed by atoms with Crippen molar-refractivity contribution in [2.45, 2.75) is 26.7 Å². The first-order valence-corrected chi connectivity index (χ1v) is 7.63. The lowest BCUT2D eigenvalue weighted by atomic mass is 9.77. The van der Waals surface area contributed by atoms with E-state index in [0.717, 1.165) is 0 Å². The highest BCUT2D eigenvalue weighted by Crippen LogP contribution is 2.35. The van der Waals surface area contributed by atoms with Crippen LogP contribution in [0.1, 0.15) is 37.0 Å². The molecule has 0 aromatic heterocycles. The fourth-order valence-corrected chi connectivity index (χ4v) is 2.77. The molecule has 0 radical (unpaired) electrons. The minimum absolute atomic E-state index is 0.0140. The molecule has 0 unspecified atom stereocenters. The Morgan fingerprint density at radius 3 is 2.68 bits per heavy atom. The van der Waals surface area contributed by atoms with Gasteiger partial charge in [0.05, 0.1) is 17.4 Å². The van der Waals surface area contributed by atoms with Crippen molar-refractivity contribution in [3.8, 4) is 0 Å². The van der Waals surface area contributed by atoms with Crippen molar-refractivity contribution in [2.75, 3.05) is 0 Å². The molecule has 0 aliphatic heterocycles. The number of hydrazone groups is 1. The van der Waals surface area contributed by atoms with E-state index < -0.39 is 5.91 Å². The van der Waals surface area contributed by atoms with Crippen LogP contribution in [-0.4, -0.2) is 23.0 Å². The molecule has 0 heterocycles. The molecule has 1 aromatic rings. The lowest BCUT2D eigenvalue weighted by Gasteiger charge is -2.28. The molecule has 1 aromatic carbocycles. The third kappa shape index (κ3) is 3.82. The maximum Gasteiger partial charge on any atom is 0.272 e. The van der Waals surface area contributed by atoms with Gasteiger partial charge < -0.3 is 5.11 Å². The third-order valence-corrected chi connectivity index (χ3v) is 4.07. The lowest BCUT2D eigenvalue weighted by Crippen LogP contribution is -2.27. The first kappa shape index (κ1) is 16.4. The number of halogens is 1. The zero-order chi connectivity index (χ0) is 16.3. The van der Waals surface area contributed by atoms with Gasteiger partial charge in [-0.05, 0) is 33.5 Å². The number of carbonyl (C=O) groups excluding carboxylic acids is 2. The van der Waals surface area contributed by atoms with Crippen LogP contribution in [0.4, 0.5) is 0 Å². The van der Waals surface area contributed by atoms with Crippen molar-refractivity contribution < 1.29 is 14.7 Å². The molecule has 2 rings (SSSR count). The lowest BCUT2D eigenvalue weighted by molar-refractivity contribution is -0.117. The van der Waals surface area contributed by atoms with E-state index in [1.165, 1.54) is 6.21 Å². The Balaban J connectivity index is 2.08. The first-order valence-electron chi connectivity index (χ1n) is 6.83. The zero-order valence-corrected chi connectivity index (χ0v) is 14.0. The highest BCUT2D eigenvalue weighted by Gasteiger charge is 2.32. The van der Waals surface area contributed by atoms with E-state index in [1.807, 2.05) is 13.8 Å². The summed E-state index contributed by atoms with van der Waals surface area (Å²) in [6.45, 7) is 3.84. The maximum absolute atomic E-state index is 12.0. The second kappa shape index (κ2) is 6.44. The molecule has 22 heavy (non-hydrogen) atoms. The first-order chi connectivity index (χ1) is 10.3. The number of aliphatic hydroxyl groups is 1. The van der Waals surface area contributed by atoms with Crippen LogP contribution in [0, 0.1) is 5.41 Å². The summed E-state index contributed by atoms with van der Waals surface area (Å²) in [6.07, 6.45) is 1.97. The Labute approximate surface area is 137 Å². The summed E-state index contributed by atoms with van der Waals surface area (Å²) in [5.41, 5.74) is 2.70. The van der Waals surface area contributed by atoms with Crippen molar-refractivity contribution in [3.05, 3.63) is 45.6 Å². The molecule has 0 atom stereocenters. The van der Waals surface area contributed by atoms with Gasteiger partial charge in [-0.15, -0.1) is 0 Å². The van der Waals surface area contributed by atoms with Gasteiger partial charge in [0.2, 0.25) is 0 Å². The molecule has 0 saturated carbocycles. The summed E-state index contributed by atoms with van der Waals surface area (Å²) in [7, 11) is 0. The van der Waals surface area contributed by atoms with E-state index in [2.05, 4.69) is 26.5 Å². The Morgan fingerprint density at radius 2 is 2.05 bits per heavy atom. The summed E-state index contributed by atoms with van der Waals surface area (Å²) in [4.78, 5) is 23.9. The van der Waals surface area contributed by atoms with E-state index in [9.17, 15) is 14.7 Å². The van der Waals surface area contributed by atoms with Crippen molar-refractivity contribution in [1.82, 2.24) is 5.43 Å².